The number of carboxylic acid groups (broad SMARTS) is 1. The van der Waals surface area contributed by atoms with Gasteiger partial charge in [-0.2, -0.15) is 0 Å². The van der Waals surface area contributed by atoms with Crippen LogP contribution in [0, 0.1) is 30.6 Å². The lowest BCUT2D eigenvalue weighted by molar-refractivity contribution is -0.269. The molecule has 0 bridgehead atoms. The molecule has 0 amide bonds. The Morgan fingerprint density at radius 2 is 1.81 bits per heavy atom. The van der Waals surface area contributed by atoms with E-state index >= 15 is 0 Å². The van der Waals surface area contributed by atoms with E-state index < -0.39 is 34.9 Å². The molecule has 3 rings (SSSR count). The molecule has 2 saturated heterocycles. The summed E-state index contributed by atoms with van der Waals surface area (Å²) in [6, 6.07) is 3.30. The van der Waals surface area contributed by atoms with E-state index in [0.29, 0.717) is 49.7 Å². The summed E-state index contributed by atoms with van der Waals surface area (Å²) >= 11 is 0. The van der Waals surface area contributed by atoms with Crippen LogP contribution in [0.5, 0.6) is 5.75 Å². The summed E-state index contributed by atoms with van der Waals surface area (Å²) < 4.78 is 13.2. The molecule has 2 aliphatic rings. The number of ketones is 1. The zero-order valence-electron chi connectivity index (χ0n) is 26.8. The van der Waals surface area contributed by atoms with Crippen LogP contribution < -0.4 is 5.11 Å². The zero-order chi connectivity index (χ0) is 31.6. The molecule has 10 atom stereocenters. The first kappa shape index (κ1) is 34.5. The van der Waals surface area contributed by atoms with E-state index in [9.17, 15) is 30.0 Å². The second-order valence-electron chi connectivity index (χ2n) is 13.2. The van der Waals surface area contributed by atoms with Crippen LogP contribution in [-0.4, -0.2) is 62.7 Å². The van der Waals surface area contributed by atoms with Crippen LogP contribution in [0.3, 0.4) is 0 Å². The Labute approximate surface area is 251 Å². The summed E-state index contributed by atoms with van der Waals surface area (Å²) in [5, 5.41) is 44.1. The minimum absolute atomic E-state index is 0.0257. The van der Waals surface area contributed by atoms with Gasteiger partial charge in [0.05, 0.1) is 41.2 Å². The second-order valence-corrected chi connectivity index (χ2v) is 13.2. The fourth-order valence-corrected chi connectivity index (χ4v) is 7.43. The number of aliphatic hydroxyl groups excluding tert-OH is 1. The number of hydrogen-bond donors (Lipinski definition) is 3. The number of rotatable bonds is 13. The van der Waals surface area contributed by atoms with Crippen molar-refractivity contribution in [3.05, 3.63) is 28.8 Å². The lowest BCUT2D eigenvalue weighted by atomic mass is 9.76. The Hall–Kier alpha value is -2.00. The molecule has 238 valence electrons. The van der Waals surface area contributed by atoms with Crippen molar-refractivity contribution in [2.75, 3.05) is 0 Å². The van der Waals surface area contributed by atoms with Gasteiger partial charge in [0.15, 0.2) is 0 Å². The molecule has 2 unspecified atom stereocenters. The summed E-state index contributed by atoms with van der Waals surface area (Å²) in [6.45, 7) is 15.3. The fourth-order valence-electron chi connectivity index (χ4n) is 7.43. The van der Waals surface area contributed by atoms with Crippen molar-refractivity contribution in [2.24, 2.45) is 23.7 Å². The van der Waals surface area contributed by atoms with Crippen molar-refractivity contribution < 1.29 is 39.5 Å². The third kappa shape index (κ3) is 6.72. The number of carboxylic acids is 1. The van der Waals surface area contributed by atoms with Crippen LogP contribution in [-0.2, 0) is 20.7 Å². The number of benzene rings is 1. The van der Waals surface area contributed by atoms with Crippen LogP contribution in [0.4, 0.5) is 0 Å². The van der Waals surface area contributed by atoms with E-state index in [1.165, 1.54) is 0 Å². The average Bonchev–Trinajstić information content (AvgIpc) is 3.31. The fraction of sp³-hybridized carbons (Fsp3) is 0.765. The highest BCUT2D eigenvalue weighted by molar-refractivity contribution is 5.92. The van der Waals surface area contributed by atoms with E-state index in [1.54, 1.807) is 26.0 Å². The van der Waals surface area contributed by atoms with Crippen molar-refractivity contribution in [2.45, 2.75) is 142 Å². The molecule has 8 nitrogen and oxygen atoms in total. The van der Waals surface area contributed by atoms with Gasteiger partial charge in [-0.25, -0.2) is 4.79 Å². The first-order valence-corrected chi connectivity index (χ1v) is 16.0. The number of carbonyl (C=O) groups is 2. The molecule has 0 radical (unpaired) electrons. The first-order chi connectivity index (χ1) is 19.7. The van der Waals surface area contributed by atoms with Crippen LogP contribution in [0.2, 0.25) is 0 Å². The van der Waals surface area contributed by atoms with Gasteiger partial charge < -0.3 is 29.9 Å². The Kier molecular flexibility index (Phi) is 11.3. The molecular formula is C34H53O8-. The van der Waals surface area contributed by atoms with E-state index in [1.807, 2.05) is 27.7 Å². The van der Waals surface area contributed by atoms with Gasteiger partial charge >= 0.3 is 5.97 Å². The molecule has 0 aliphatic carbocycles. The van der Waals surface area contributed by atoms with E-state index in [4.69, 9.17) is 9.47 Å². The molecule has 8 heteroatoms. The molecule has 42 heavy (non-hydrogen) atoms. The zero-order valence-corrected chi connectivity index (χ0v) is 26.8. The van der Waals surface area contributed by atoms with Crippen molar-refractivity contribution in [3.63, 3.8) is 0 Å². The van der Waals surface area contributed by atoms with Crippen LogP contribution in [0.15, 0.2) is 12.1 Å². The molecule has 0 spiro atoms. The highest BCUT2D eigenvalue weighted by Crippen LogP contribution is 2.48. The molecular weight excluding hydrogens is 536 g/mol. The van der Waals surface area contributed by atoms with E-state index in [-0.39, 0.29) is 47.4 Å². The number of carbonyl (C=O) groups excluding carboxylic acids is 1. The molecule has 2 fully saturated rings. The van der Waals surface area contributed by atoms with Crippen molar-refractivity contribution in [1.29, 1.82) is 0 Å². The quantitative estimate of drug-likeness (QED) is 0.285. The Morgan fingerprint density at radius 1 is 1.14 bits per heavy atom. The lowest BCUT2D eigenvalue weighted by Gasteiger charge is -2.47. The van der Waals surface area contributed by atoms with Gasteiger partial charge in [0.1, 0.15) is 5.78 Å². The van der Waals surface area contributed by atoms with Gasteiger partial charge in [-0.3, -0.25) is 4.79 Å². The van der Waals surface area contributed by atoms with Crippen molar-refractivity contribution >= 4 is 11.8 Å². The predicted molar refractivity (Wildman–Crippen MR) is 160 cm³/mol. The molecule has 0 aromatic heterocycles. The van der Waals surface area contributed by atoms with Gasteiger partial charge in [0.2, 0.25) is 0 Å². The molecule has 2 aliphatic heterocycles. The minimum Gasteiger partial charge on any atom is -0.872 e. The standard InChI is InChI=1S/C34H54O8/c1-9-25(31-21(6)18-34(11-3,42-31)26-16-17-33(40,10-2)23(8)41-26)30(37)22(7)28(35)19(4)12-14-24-15-13-20(5)29(36)27(24)32(38)39/h13,15,19,21-23,25-26,28,31,35-36,40H,9-12,14,16-18H2,1-8H3,(H,38,39)/p-1/t19-,21+,22-,23+,25+,26?,28+,31?,33-,34-/m1/s1. The normalized spacial score (nSPS) is 32.7. The maximum atomic E-state index is 13.9. The summed E-state index contributed by atoms with van der Waals surface area (Å²) in [5.74, 6) is -2.92. The van der Waals surface area contributed by atoms with Crippen molar-refractivity contribution in [3.8, 4) is 5.75 Å². The summed E-state index contributed by atoms with van der Waals surface area (Å²) in [6.07, 6.45) is 3.21. The number of ether oxygens (including phenoxy) is 2. The third-order valence-corrected chi connectivity index (χ3v) is 10.6. The van der Waals surface area contributed by atoms with E-state index in [0.717, 1.165) is 12.8 Å². The van der Waals surface area contributed by atoms with Crippen LogP contribution >= 0.6 is 0 Å². The third-order valence-electron chi connectivity index (χ3n) is 10.6. The summed E-state index contributed by atoms with van der Waals surface area (Å²) in [7, 11) is 0. The minimum atomic E-state index is -1.25. The molecule has 0 saturated carbocycles. The highest BCUT2D eigenvalue weighted by Gasteiger charge is 2.55. The Morgan fingerprint density at radius 3 is 2.36 bits per heavy atom. The topological polar surface area (TPSA) is 136 Å². The Balaban J connectivity index is 1.69. The van der Waals surface area contributed by atoms with E-state index in [2.05, 4.69) is 13.8 Å². The number of Topliss-reactive ketones (excluding diaryl/α,β-unsaturated/α-hetero) is 1. The van der Waals surface area contributed by atoms with Gasteiger partial charge in [0, 0.05) is 11.8 Å². The molecule has 2 heterocycles. The SMILES string of the molecule is CC[C@@H](C(=O)[C@H](C)[C@@H](O)[C@H](C)CCc1ccc(C)c([O-])c1C(=O)O)C1O[C@@](CC)(C2CC[C@](O)(CC)[C@H](C)O2)C[C@@H]1C. The molecule has 3 N–H and O–H groups in total. The number of aliphatic hydroxyl groups is 2. The summed E-state index contributed by atoms with van der Waals surface area (Å²) in [4.78, 5) is 25.6. The average molecular weight is 590 g/mol. The lowest BCUT2D eigenvalue weighted by Crippen LogP contribution is -2.55. The summed E-state index contributed by atoms with van der Waals surface area (Å²) in [5.41, 5.74) is -0.730. The maximum Gasteiger partial charge on any atom is 0.335 e. The van der Waals surface area contributed by atoms with Gasteiger partial charge in [-0.15, -0.1) is 0 Å². The predicted octanol–water partition coefficient (Wildman–Crippen LogP) is 5.21. The smallest absolute Gasteiger partial charge is 0.335 e. The van der Waals surface area contributed by atoms with Gasteiger partial charge in [-0.05, 0) is 82.6 Å². The number of aryl methyl sites for hydroxylation is 2. The first-order valence-electron chi connectivity index (χ1n) is 16.0. The Bertz CT molecular complexity index is 1100. The van der Waals surface area contributed by atoms with Crippen LogP contribution in [0.25, 0.3) is 0 Å². The van der Waals surface area contributed by atoms with Gasteiger partial charge in [-0.1, -0.05) is 65.0 Å². The van der Waals surface area contributed by atoms with Crippen LogP contribution in [0.1, 0.15) is 115 Å². The number of hydrogen-bond acceptors (Lipinski definition) is 7. The van der Waals surface area contributed by atoms with Crippen molar-refractivity contribution in [1.82, 2.24) is 0 Å². The highest BCUT2D eigenvalue weighted by atomic mass is 16.6. The van der Waals surface area contributed by atoms with Gasteiger partial charge in [0.25, 0.3) is 0 Å². The maximum absolute atomic E-state index is 13.9. The number of aromatic carboxylic acids is 1. The molecule has 1 aromatic rings. The largest absolute Gasteiger partial charge is 0.872 e. The molecule has 1 aromatic carbocycles. The second kappa shape index (κ2) is 13.7. The monoisotopic (exact) mass is 589 g/mol.